The van der Waals surface area contributed by atoms with Crippen molar-refractivity contribution in [1.82, 2.24) is 5.32 Å². The largest absolute Gasteiger partial charge is 0.493 e. The number of carbonyl (C=O) groups is 2. The molecule has 1 aromatic heterocycles. The number of hydrogen-bond acceptors (Lipinski definition) is 6. The van der Waals surface area contributed by atoms with E-state index in [-0.39, 0.29) is 28.9 Å². The molecule has 1 amide bonds. The lowest BCUT2D eigenvalue weighted by atomic mass is 10.1. The van der Waals surface area contributed by atoms with Crippen LogP contribution in [0, 0.1) is 11.3 Å². The average molecular weight is 433 g/mol. The van der Waals surface area contributed by atoms with Crippen LogP contribution in [0.5, 0.6) is 11.5 Å². The van der Waals surface area contributed by atoms with E-state index < -0.39 is 11.9 Å². The second-order valence-corrected chi connectivity index (χ2v) is 6.48. The first-order valence-corrected chi connectivity index (χ1v) is 8.71. The summed E-state index contributed by atoms with van der Waals surface area (Å²) in [5.41, 5.74) is 0.499. The third-order valence-electron chi connectivity index (χ3n) is 3.26. The summed E-state index contributed by atoms with van der Waals surface area (Å²) >= 11 is 3.11. The van der Waals surface area contributed by atoms with Crippen LogP contribution in [0.2, 0.25) is 0 Å². The quantitative estimate of drug-likeness (QED) is 0.323. The summed E-state index contributed by atoms with van der Waals surface area (Å²) in [4.78, 5) is 24.1. The van der Waals surface area contributed by atoms with Gasteiger partial charge in [0.25, 0.3) is 5.91 Å². The molecule has 0 aliphatic heterocycles. The first-order chi connectivity index (χ1) is 12.8. The SMILES string of the molecule is COc1cc(/C=C(\C#N)C(=O)NC(C)C)ccc1OC(=O)c1ccc(Br)o1. The van der Waals surface area contributed by atoms with Gasteiger partial charge in [0.2, 0.25) is 5.76 Å². The normalized spacial score (nSPS) is 11.0. The number of esters is 1. The number of hydrogen-bond donors (Lipinski definition) is 1. The summed E-state index contributed by atoms with van der Waals surface area (Å²) in [6.07, 6.45) is 1.43. The zero-order valence-corrected chi connectivity index (χ0v) is 16.5. The van der Waals surface area contributed by atoms with Gasteiger partial charge in [0.15, 0.2) is 16.2 Å². The molecule has 0 saturated heterocycles. The highest BCUT2D eigenvalue weighted by molar-refractivity contribution is 9.10. The van der Waals surface area contributed by atoms with E-state index in [1.165, 1.54) is 25.3 Å². The van der Waals surface area contributed by atoms with Crippen molar-refractivity contribution in [2.45, 2.75) is 19.9 Å². The summed E-state index contributed by atoms with van der Waals surface area (Å²) < 4.78 is 16.1. The first kappa shape index (κ1) is 20.3. The Morgan fingerprint density at radius 2 is 2.00 bits per heavy atom. The molecule has 0 aliphatic carbocycles. The van der Waals surface area contributed by atoms with Crippen molar-refractivity contribution < 1.29 is 23.5 Å². The molecule has 7 nitrogen and oxygen atoms in total. The van der Waals surface area contributed by atoms with Crippen molar-refractivity contribution in [2.75, 3.05) is 7.11 Å². The summed E-state index contributed by atoms with van der Waals surface area (Å²) in [6, 6.07) is 9.50. The van der Waals surface area contributed by atoms with E-state index in [4.69, 9.17) is 13.9 Å². The van der Waals surface area contributed by atoms with Crippen LogP contribution in [0.1, 0.15) is 30.0 Å². The molecule has 0 radical (unpaired) electrons. The zero-order chi connectivity index (χ0) is 20.0. The first-order valence-electron chi connectivity index (χ1n) is 7.92. The van der Waals surface area contributed by atoms with Gasteiger partial charge in [-0.05, 0) is 65.7 Å². The highest BCUT2D eigenvalue weighted by atomic mass is 79.9. The predicted octanol–water partition coefficient (Wildman–Crippen LogP) is 3.70. The second kappa shape index (κ2) is 9.05. The fourth-order valence-corrected chi connectivity index (χ4v) is 2.39. The Morgan fingerprint density at radius 3 is 2.56 bits per heavy atom. The standard InChI is InChI=1S/C19H17BrN2O5/c1-11(2)22-18(23)13(10-21)8-12-4-5-14(16(9-12)25-3)27-19(24)15-6-7-17(20)26-15/h4-9,11H,1-3H3,(H,22,23)/b13-8+. The number of nitriles is 1. The van der Waals surface area contributed by atoms with Crippen LogP contribution in [0.25, 0.3) is 6.08 Å². The Morgan fingerprint density at radius 1 is 1.26 bits per heavy atom. The van der Waals surface area contributed by atoms with Crippen LogP contribution >= 0.6 is 15.9 Å². The van der Waals surface area contributed by atoms with Crippen molar-refractivity contribution >= 4 is 33.9 Å². The Hall–Kier alpha value is -3.05. The number of amides is 1. The fraction of sp³-hybridized carbons (Fsp3) is 0.211. The Labute approximate surface area is 164 Å². The molecule has 0 spiro atoms. The fourth-order valence-electron chi connectivity index (χ4n) is 2.09. The third kappa shape index (κ3) is 5.46. The second-order valence-electron chi connectivity index (χ2n) is 5.70. The number of furan rings is 1. The van der Waals surface area contributed by atoms with Crippen LogP contribution in [0.4, 0.5) is 0 Å². The number of carbonyl (C=O) groups excluding carboxylic acids is 2. The summed E-state index contributed by atoms with van der Waals surface area (Å²) in [5, 5.41) is 11.9. The molecule has 2 aromatic rings. The Kier molecular flexibility index (Phi) is 6.79. The molecule has 0 unspecified atom stereocenters. The minimum atomic E-state index is -0.684. The molecule has 8 heteroatoms. The number of rotatable bonds is 6. The number of methoxy groups -OCH3 is 1. The van der Waals surface area contributed by atoms with E-state index in [1.807, 2.05) is 6.07 Å². The Bertz CT molecular complexity index is 924. The van der Waals surface area contributed by atoms with Crippen LogP contribution in [0.15, 0.2) is 45.0 Å². The number of nitrogens with one attached hydrogen (secondary N) is 1. The topological polar surface area (TPSA) is 102 Å². The van der Waals surface area contributed by atoms with E-state index in [2.05, 4.69) is 21.2 Å². The van der Waals surface area contributed by atoms with Gasteiger partial charge in [-0.2, -0.15) is 5.26 Å². The number of ether oxygens (including phenoxy) is 2. The van der Waals surface area contributed by atoms with Gasteiger partial charge in [0.05, 0.1) is 7.11 Å². The van der Waals surface area contributed by atoms with Gasteiger partial charge in [-0.3, -0.25) is 4.79 Å². The van der Waals surface area contributed by atoms with Gasteiger partial charge in [-0.15, -0.1) is 0 Å². The lowest BCUT2D eigenvalue weighted by Crippen LogP contribution is -2.30. The van der Waals surface area contributed by atoms with Gasteiger partial charge in [-0.1, -0.05) is 6.07 Å². The molecule has 1 aromatic carbocycles. The molecule has 0 aliphatic rings. The highest BCUT2D eigenvalue weighted by Crippen LogP contribution is 2.30. The lowest BCUT2D eigenvalue weighted by molar-refractivity contribution is -0.117. The Balaban J connectivity index is 2.25. The van der Waals surface area contributed by atoms with Crippen LogP contribution in [-0.2, 0) is 4.79 Å². The lowest BCUT2D eigenvalue weighted by Gasteiger charge is -2.10. The van der Waals surface area contributed by atoms with Crippen molar-refractivity contribution in [2.24, 2.45) is 0 Å². The van der Waals surface area contributed by atoms with Crippen molar-refractivity contribution in [1.29, 1.82) is 5.26 Å². The van der Waals surface area contributed by atoms with E-state index >= 15 is 0 Å². The van der Waals surface area contributed by atoms with Crippen LogP contribution < -0.4 is 14.8 Å². The van der Waals surface area contributed by atoms with Gasteiger partial charge in [0, 0.05) is 6.04 Å². The molecule has 140 valence electrons. The zero-order valence-electron chi connectivity index (χ0n) is 14.9. The molecular weight excluding hydrogens is 416 g/mol. The number of benzene rings is 1. The third-order valence-corrected chi connectivity index (χ3v) is 3.69. The van der Waals surface area contributed by atoms with Crippen molar-refractivity contribution in [3.63, 3.8) is 0 Å². The van der Waals surface area contributed by atoms with Crippen molar-refractivity contribution in [3.05, 3.63) is 51.9 Å². The van der Waals surface area contributed by atoms with Crippen LogP contribution in [-0.4, -0.2) is 25.0 Å². The number of halogens is 1. The monoisotopic (exact) mass is 432 g/mol. The molecule has 0 bridgehead atoms. The van der Waals surface area contributed by atoms with Crippen molar-refractivity contribution in [3.8, 4) is 17.6 Å². The molecule has 1 N–H and O–H groups in total. The summed E-state index contributed by atoms with van der Waals surface area (Å²) in [7, 11) is 1.42. The van der Waals surface area contributed by atoms with Gasteiger partial charge in [0.1, 0.15) is 11.6 Å². The smallest absolute Gasteiger partial charge is 0.379 e. The van der Waals surface area contributed by atoms with E-state index in [0.29, 0.717) is 10.2 Å². The average Bonchev–Trinajstić information content (AvgIpc) is 3.06. The van der Waals surface area contributed by atoms with E-state index in [0.717, 1.165) is 0 Å². The predicted molar refractivity (Wildman–Crippen MR) is 101 cm³/mol. The van der Waals surface area contributed by atoms with Gasteiger partial charge in [-0.25, -0.2) is 4.79 Å². The molecule has 0 atom stereocenters. The maximum atomic E-state index is 12.1. The molecule has 27 heavy (non-hydrogen) atoms. The van der Waals surface area contributed by atoms with E-state index in [1.54, 1.807) is 32.0 Å². The molecule has 1 heterocycles. The van der Waals surface area contributed by atoms with Gasteiger partial charge < -0.3 is 19.2 Å². The maximum absolute atomic E-state index is 12.1. The van der Waals surface area contributed by atoms with E-state index in [9.17, 15) is 14.9 Å². The minimum Gasteiger partial charge on any atom is -0.493 e. The molecule has 2 rings (SSSR count). The maximum Gasteiger partial charge on any atom is 0.379 e. The highest BCUT2D eigenvalue weighted by Gasteiger charge is 2.17. The molecule has 0 saturated carbocycles. The minimum absolute atomic E-state index is 0.0324. The van der Waals surface area contributed by atoms with Crippen LogP contribution in [0.3, 0.4) is 0 Å². The molecular formula is C19H17BrN2O5. The summed E-state index contributed by atoms with van der Waals surface area (Å²) in [5.74, 6) is -0.673. The van der Waals surface area contributed by atoms with Gasteiger partial charge >= 0.3 is 5.97 Å². The number of nitrogens with zero attached hydrogens (tertiary/aromatic N) is 1. The summed E-state index contributed by atoms with van der Waals surface area (Å²) in [6.45, 7) is 3.60. The molecule has 0 fully saturated rings.